The van der Waals surface area contributed by atoms with Crippen molar-refractivity contribution in [2.45, 2.75) is 32.7 Å². The molecule has 2 heterocycles. The van der Waals surface area contributed by atoms with Gasteiger partial charge in [-0.2, -0.15) is 0 Å². The van der Waals surface area contributed by atoms with Crippen molar-refractivity contribution in [1.29, 1.82) is 0 Å². The SMILES string of the molecule is CCNC(=NCCCN(C)S(=O)(=O)CC)N1CCC(N2CCOCC2)C1.I. The van der Waals surface area contributed by atoms with E-state index < -0.39 is 10.0 Å². The van der Waals surface area contributed by atoms with E-state index in [1.54, 1.807) is 14.0 Å². The summed E-state index contributed by atoms with van der Waals surface area (Å²) in [5.74, 6) is 1.09. The monoisotopic (exact) mass is 517 g/mol. The Bertz CT molecular complexity index is 555. The molecule has 1 unspecified atom stereocenters. The van der Waals surface area contributed by atoms with Crippen LogP contribution in [0.4, 0.5) is 0 Å². The van der Waals surface area contributed by atoms with Gasteiger partial charge in [-0.05, 0) is 26.7 Å². The summed E-state index contributed by atoms with van der Waals surface area (Å²) in [5, 5.41) is 3.38. The number of sulfonamides is 1. The third kappa shape index (κ3) is 7.64. The van der Waals surface area contributed by atoms with E-state index in [4.69, 9.17) is 9.73 Å². The molecule has 8 nitrogen and oxygen atoms in total. The first-order valence-electron chi connectivity index (χ1n) is 9.77. The quantitative estimate of drug-likeness (QED) is 0.221. The van der Waals surface area contributed by atoms with E-state index in [-0.39, 0.29) is 29.7 Å². The van der Waals surface area contributed by atoms with Crippen LogP contribution in [0.2, 0.25) is 0 Å². The summed E-state index contributed by atoms with van der Waals surface area (Å²) in [7, 11) is -1.46. The van der Waals surface area contributed by atoms with Gasteiger partial charge in [0.05, 0.1) is 19.0 Å². The Labute approximate surface area is 181 Å². The first-order valence-corrected chi connectivity index (χ1v) is 11.4. The molecule has 0 radical (unpaired) electrons. The molecule has 2 saturated heterocycles. The molecule has 0 bridgehead atoms. The highest BCUT2D eigenvalue weighted by Gasteiger charge is 2.30. The van der Waals surface area contributed by atoms with E-state index in [0.717, 1.165) is 64.7 Å². The summed E-state index contributed by atoms with van der Waals surface area (Å²) < 4.78 is 30.4. The molecule has 0 aromatic heterocycles. The van der Waals surface area contributed by atoms with E-state index in [0.29, 0.717) is 19.1 Å². The third-order valence-electron chi connectivity index (χ3n) is 5.09. The van der Waals surface area contributed by atoms with E-state index in [9.17, 15) is 8.42 Å². The van der Waals surface area contributed by atoms with Gasteiger partial charge >= 0.3 is 0 Å². The Morgan fingerprint density at radius 1 is 1.26 bits per heavy atom. The molecule has 27 heavy (non-hydrogen) atoms. The number of hydrogen-bond acceptors (Lipinski definition) is 5. The number of morpholine rings is 1. The van der Waals surface area contributed by atoms with Crippen LogP contribution in [0.25, 0.3) is 0 Å². The normalized spacial score (nSPS) is 22.1. The minimum Gasteiger partial charge on any atom is -0.379 e. The molecule has 0 saturated carbocycles. The van der Waals surface area contributed by atoms with Crippen LogP contribution in [-0.2, 0) is 14.8 Å². The smallest absolute Gasteiger partial charge is 0.213 e. The molecule has 2 aliphatic rings. The average molecular weight is 517 g/mol. The number of rotatable bonds is 8. The maximum atomic E-state index is 11.8. The highest BCUT2D eigenvalue weighted by atomic mass is 127. The molecule has 2 fully saturated rings. The second-order valence-corrected chi connectivity index (χ2v) is 9.21. The van der Waals surface area contributed by atoms with Crippen LogP contribution < -0.4 is 5.32 Å². The van der Waals surface area contributed by atoms with Gasteiger partial charge in [-0.1, -0.05) is 0 Å². The second kappa shape index (κ2) is 12.4. The molecule has 0 amide bonds. The fraction of sp³-hybridized carbons (Fsp3) is 0.941. The van der Waals surface area contributed by atoms with Crippen molar-refractivity contribution < 1.29 is 13.2 Å². The number of likely N-dealkylation sites (tertiary alicyclic amines) is 1. The fourth-order valence-electron chi connectivity index (χ4n) is 3.44. The van der Waals surface area contributed by atoms with Crippen molar-refractivity contribution >= 4 is 40.0 Å². The zero-order valence-electron chi connectivity index (χ0n) is 16.9. The summed E-state index contributed by atoms with van der Waals surface area (Å²) in [6.45, 7) is 11.4. The lowest BCUT2D eigenvalue weighted by Gasteiger charge is -2.32. The van der Waals surface area contributed by atoms with Crippen molar-refractivity contribution in [3.05, 3.63) is 0 Å². The van der Waals surface area contributed by atoms with Crippen LogP contribution >= 0.6 is 24.0 Å². The van der Waals surface area contributed by atoms with Crippen LogP contribution in [0.3, 0.4) is 0 Å². The highest BCUT2D eigenvalue weighted by molar-refractivity contribution is 14.0. The lowest BCUT2D eigenvalue weighted by molar-refractivity contribution is 0.0195. The number of ether oxygens (including phenoxy) is 1. The largest absolute Gasteiger partial charge is 0.379 e. The Morgan fingerprint density at radius 3 is 2.59 bits per heavy atom. The van der Waals surface area contributed by atoms with Crippen LogP contribution in [0.5, 0.6) is 0 Å². The molecule has 1 atom stereocenters. The molecular formula is C17H36IN5O3S. The molecule has 1 N–H and O–H groups in total. The van der Waals surface area contributed by atoms with Crippen LogP contribution in [0.1, 0.15) is 26.7 Å². The van der Waals surface area contributed by atoms with Gasteiger partial charge in [-0.25, -0.2) is 12.7 Å². The maximum Gasteiger partial charge on any atom is 0.213 e. The molecular weight excluding hydrogens is 481 g/mol. The lowest BCUT2D eigenvalue weighted by Crippen LogP contribution is -2.46. The topological polar surface area (TPSA) is 77.5 Å². The summed E-state index contributed by atoms with van der Waals surface area (Å²) >= 11 is 0. The zero-order chi connectivity index (χ0) is 19.0. The van der Waals surface area contributed by atoms with Crippen molar-refractivity contribution in [2.24, 2.45) is 4.99 Å². The summed E-state index contributed by atoms with van der Waals surface area (Å²) in [6, 6.07) is 0.573. The first-order chi connectivity index (χ1) is 12.5. The molecule has 0 aliphatic carbocycles. The summed E-state index contributed by atoms with van der Waals surface area (Å²) in [6.07, 6.45) is 1.88. The lowest BCUT2D eigenvalue weighted by atomic mass is 10.2. The summed E-state index contributed by atoms with van der Waals surface area (Å²) in [5.41, 5.74) is 0. The molecule has 2 rings (SSSR count). The van der Waals surface area contributed by atoms with Gasteiger partial charge in [-0.15, -0.1) is 24.0 Å². The number of halogens is 1. The number of guanidine groups is 1. The number of hydrogen-bond donors (Lipinski definition) is 1. The Hall–Kier alpha value is -0.170. The average Bonchev–Trinajstić information content (AvgIpc) is 3.14. The number of nitrogens with one attached hydrogen (secondary N) is 1. The first kappa shape index (κ1) is 24.9. The van der Waals surface area contributed by atoms with Gasteiger partial charge in [0.15, 0.2) is 5.96 Å². The van der Waals surface area contributed by atoms with Crippen molar-refractivity contribution in [3.63, 3.8) is 0 Å². The molecule has 0 aromatic rings. The van der Waals surface area contributed by atoms with Crippen molar-refractivity contribution in [3.8, 4) is 0 Å². The van der Waals surface area contributed by atoms with Crippen LogP contribution in [-0.4, -0.2) is 106 Å². The Balaban J connectivity index is 0.00000364. The van der Waals surface area contributed by atoms with Crippen molar-refractivity contribution in [1.82, 2.24) is 19.4 Å². The number of nitrogens with zero attached hydrogens (tertiary/aromatic N) is 4. The van der Waals surface area contributed by atoms with Gasteiger partial charge in [0.1, 0.15) is 0 Å². The van der Waals surface area contributed by atoms with Gasteiger partial charge in [-0.3, -0.25) is 9.89 Å². The predicted octanol–water partition coefficient (Wildman–Crippen LogP) is 0.648. The molecule has 0 aromatic carbocycles. The molecule has 10 heteroatoms. The predicted molar refractivity (Wildman–Crippen MR) is 120 cm³/mol. The number of aliphatic imine (C=N–C) groups is 1. The summed E-state index contributed by atoms with van der Waals surface area (Å²) in [4.78, 5) is 9.58. The van der Waals surface area contributed by atoms with Crippen LogP contribution in [0.15, 0.2) is 4.99 Å². The van der Waals surface area contributed by atoms with Crippen LogP contribution in [0, 0.1) is 0 Å². The zero-order valence-corrected chi connectivity index (χ0v) is 20.0. The van der Waals surface area contributed by atoms with Gasteiger partial charge in [0.25, 0.3) is 0 Å². The highest BCUT2D eigenvalue weighted by Crippen LogP contribution is 2.17. The maximum absolute atomic E-state index is 11.8. The second-order valence-electron chi connectivity index (χ2n) is 6.85. The van der Waals surface area contributed by atoms with Gasteiger partial charge in [0.2, 0.25) is 10.0 Å². The van der Waals surface area contributed by atoms with Gasteiger partial charge < -0.3 is 15.0 Å². The Morgan fingerprint density at radius 2 is 1.96 bits per heavy atom. The van der Waals surface area contributed by atoms with Crippen molar-refractivity contribution in [2.75, 3.05) is 71.8 Å². The fourth-order valence-corrected chi connectivity index (χ4v) is 4.29. The molecule has 2 aliphatic heterocycles. The minimum absolute atomic E-state index is 0. The van der Waals surface area contributed by atoms with E-state index in [2.05, 4.69) is 22.0 Å². The molecule has 0 spiro atoms. The van der Waals surface area contributed by atoms with E-state index >= 15 is 0 Å². The minimum atomic E-state index is -3.10. The third-order valence-corrected chi connectivity index (χ3v) is 6.95. The standard InChI is InChI=1S/C17H35N5O3S.HI/c1-4-18-17(19-8-6-9-20(3)26(23,24)5-2)22-10-7-16(15-22)21-11-13-25-14-12-21;/h16H,4-15H2,1-3H3,(H,18,19);1H. The van der Waals surface area contributed by atoms with E-state index in [1.165, 1.54) is 4.31 Å². The molecule has 160 valence electrons. The van der Waals surface area contributed by atoms with E-state index in [1.807, 2.05) is 0 Å². The van der Waals surface area contributed by atoms with Gasteiger partial charge in [0, 0.05) is 58.9 Å². The Kier molecular flexibility index (Phi) is 11.4.